The molecule has 0 radical (unpaired) electrons. The van der Waals surface area contributed by atoms with Crippen molar-refractivity contribution in [1.82, 2.24) is 18.9 Å². The number of carbonyl (C=O) groups excluding carboxylic acids is 1. The number of carbonyl (C=O) groups is 2. The predicted octanol–water partition coefficient (Wildman–Crippen LogP) is 2.46. The number of fused-ring (bicyclic) bond motifs is 1. The van der Waals surface area contributed by atoms with Gasteiger partial charge >= 0.3 is 5.97 Å². The molecule has 0 amide bonds. The molecule has 2 fully saturated rings. The molecule has 34 heavy (non-hydrogen) atoms. The van der Waals surface area contributed by atoms with Crippen LogP contribution in [0.15, 0.2) is 23.4 Å². The molecule has 2 aliphatic heterocycles. The van der Waals surface area contributed by atoms with Crippen LogP contribution in [0.4, 0.5) is 5.82 Å². The van der Waals surface area contributed by atoms with Gasteiger partial charge in [0.1, 0.15) is 23.5 Å². The highest BCUT2D eigenvalue weighted by molar-refractivity contribution is 7.08. The Bertz CT molecular complexity index is 1290. The summed E-state index contributed by atoms with van der Waals surface area (Å²) in [6.45, 7) is 4.52. The summed E-state index contributed by atoms with van der Waals surface area (Å²) in [5.41, 5.74) is 0.0285. The minimum Gasteiger partial charge on any atom is -0.477 e. The van der Waals surface area contributed by atoms with Crippen molar-refractivity contribution in [3.8, 4) is 5.13 Å². The molecule has 0 atom stereocenters. The van der Waals surface area contributed by atoms with Crippen molar-refractivity contribution in [1.29, 1.82) is 0 Å². The number of carboxylic acid groups (broad SMARTS) is 1. The summed E-state index contributed by atoms with van der Waals surface area (Å²) in [6, 6.07) is 1.78. The number of anilines is 1. The number of aryl methyl sites for hydroxylation is 1. The molecular weight excluding hydrogens is 458 g/mol. The molecule has 10 nitrogen and oxygen atoms in total. The Morgan fingerprint density at radius 1 is 1.26 bits per heavy atom. The van der Waals surface area contributed by atoms with Gasteiger partial charge in [0.15, 0.2) is 5.65 Å². The molecule has 2 saturated heterocycles. The molecule has 0 unspecified atom stereocenters. The highest BCUT2D eigenvalue weighted by atomic mass is 32.1. The highest BCUT2D eigenvalue weighted by Crippen LogP contribution is 2.30. The SMILES string of the molecule is Cc1cc(N2CC(C(=O)CCC3CCOCC3)C2)nc2c1c(=O)c(C(=O)O)cn2-c1ncns1. The molecule has 5 rings (SSSR count). The number of nitrogens with zero attached hydrogens (tertiary/aromatic N) is 5. The third-order valence-corrected chi connectivity index (χ3v) is 7.39. The van der Waals surface area contributed by atoms with Crippen molar-refractivity contribution < 1.29 is 19.4 Å². The number of carboxylic acids is 1. The van der Waals surface area contributed by atoms with Crippen LogP contribution in [0.3, 0.4) is 0 Å². The van der Waals surface area contributed by atoms with Gasteiger partial charge in [-0.15, -0.1) is 0 Å². The molecule has 178 valence electrons. The Hall–Kier alpha value is -3.18. The first-order valence-electron chi connectivity index (χ1n) is 11.3. The number of Topliss-reactive ketones (excluding diaryl/α,β-unsaturated/α-hetero) is 1. The van der Waals surface area contributed by atoms with Gasteiger partial charge in [0.2, 0.25) is 10.6 Å². The molecule has 3 aromatic rings. The number of aromatic carboxylic acids is 1. The number of pyridine rings is 2. The summed E-state index contributed by atoms with van der Waals surface area (Å²) in [4.78, 5) is 48.1. The van der Waals surface area contributed by atoms with Crippen LogP contribution in [-0.2, 0) is 9.53 Å². The maximum atomic E-state index is 12.9. The van der Waals surface area contributed by atoms with E-state index in [0.717, 1.165) is 44.0 Å². The van der Waals surface area contributed by atoms with Crippen LogP contribution in [-0.4, -0.2) is 62.1 Å². The maximum absolute atomic E-state index is 12.9. The standard InChI is InChI=1S/C23H25N5O5S/c1-13-8-18(27-9-15(10-27)17(29)3-2-14-4-6-33-7-5-14)26-21-19(13)20(30)16(22(31)32)11-28(21)23-24-12-25-34-23/h8,11-12,14-15H,2-7,9-10H2,1H3,(H,31,32). The lowest BCUT2D eigenvalue weighted by molar-refractivity contribution is -0.124. The minimum absolute atomic E-state index is 0.0163. The van der Waals surface area contributed by atoms with Crippen LogP contribution < -0.4 is 10.3 Å². The van der Waals surface area contributed by atoms with Crippen LogP contribution in [0.5, 0.6) is 0 Å². The Morgan fingerprint density at radius 2 is 2.03 bits per heavy atom. The molecule has 0 aliphatic carbocycles. The average molecular weight is 484 g/mol. The quantitative estimate of drug-likeness (QED) is 0.539. The van der Waals surface area contributed by atoms with Gasteiger partial charge in [-0.2, -0.15) is 4.37 Å². The molecule has 2 aliphatic rings. The smallest absolute Gasteiger partial charge is 0.341 e. The number of aromatic nitrogens is 4. The summed E-state index contributed by atoms with van der Waals surface area (Å²) in [5.74, 6) is 0.193. The van der Waals surface area contributed by atoms with E-state index in [1.165, 1.54) is 17.1 Å². The summed E-state index contributed by atoms with van der Waals surface area (Å²) in [5, 5.41) is 10.2. The van der Waals surface area contributed by atoms with E-state index in [1.54, 1.807) is 13.0 Å². The number of ketones is 1. The fourth-order valence-electron chi connectivity index (χ4n) is 4.67. The minimum atomic E-state index is -1.31. The van der Waals surface area contributed by atoms with E-state index in [0.29, 0.717) is 47.6 Å². The first-order chi connectivity index (χ1) is 16.4. The first-order valence-corrected chi connectivity index (χ1v) is 12.1. The second kappa shape index (κ2) is 9.22. The Labute approximate surface area is 199 Å². The largest absolute Gasteiger partial charge is 0.477 e. The zero-order chi connectivity index (χ0) is 23.8. The first kappa shape index (κ1) is 22.6. The van der Waals surface area contributed by atoms with E-state index in [4.69, 9.17) is 9.72 Å². The summed E-state index contributed by atoms with van der Waals surface area (Å²) >= 11 is 1.08. The zero-order valence-corrected chi connectivity index (χ0v) is 19.6. The Balaban J connectivity index is 1.38. The number of rotatable bonds is 7. The highest BCUT2D eigenvalue weighted by Gasteiger charge is 2.34. The maximum Gasteiger partial charge on any atom is 0.341 e. The van der Waals surface area contributed by atoms with E-state index in [9.17, 15) is 19.5 Å². The van der Waals surface area contributed by atoms with Gasteiger partial charge in [-0.1, -0.05) is 0 Å². The average Bonchev–Trinajstić information content (AvgIpc) is 3.32. The Kier molecular flexibility index (Phi) is 6.13. The van der Waals surface area contributed by atoms with E-state index < -0.39 is 11.4 Å². The summed E-state index contributed by atoms with van der Waals surface area (Å²) < 4.78 is 10.9. The van der Waals surface area contributed by atoms with Gasteiger partial charge in [-0.3, -0.25) is 14.2 Å². The van der Waals surface area contributed by atoms with Gasteiger partial charge in [0.05, 0.1) is 11.3 Å². The Morgan fingerprint density at radius 3 is 2.71 bits per heavy atom. The third kappa shape index (κ3) is 4.21. The summed E-state index contributed by atoms with van der Waals surface area (Å²) in [6.07, 6.45) is 6.21. The third-order valence-electron chi connectivity index (χ3n) is 6.73. The fourth-order valence-corrected chi connectivity index (χ4v) is 5.18. The lowest BCUT2D eigenvalue weighted by Gasteiger charge is -2.39. The molecule has 0 spiro atoms. The monoisotopic (exact) mass is 483 g/mol. The molecular formula is C23H25N5O5S. The topological polar surface area (TPSA) is 128 Å². The molecule has 0 aromatic carbocycles. The zero-order valence-electron chi connectivity index (χ0n) is 18.8. The van der Waals surface area contributed by atoms with Crippen LogP contribution in [0, 0.1) is 18.8 Å². The van der Waals surface area contributed by atoms with Crippen LogP contribution in [0.25, 0.3) is 16.2 Å². The van der Waals surface area contributed by atoms with Gasteiger partial charge < -0.3 is 14.7 Å². The van der Waals surface area contributed by atoms with Crippen molar-refractivity contribution in [2.75, 3.05) is 31.2 Å². The molecule has 11 heteroatoms. The van der Waals surface area contributed by atoms with Crippen molar-refractivity contribution in [2.45, 2.75) is 32.6 Å². The summed E-state index contributed by atoms with van der Waals surface area (Å²) in [7, 11) is 0. The van der Waals surface area contributed by atoms with E-state index >= 15 is 0 Å². The molecule has 1 N–H and O–H groups in total. The van der Waals surface area contributed by atoms with Crippen LogP contribution in [0.1, 0.15) is 41.6 Å². The van der Waals surface area contributed by atoms with Crippen molar-refractivity contribution in [2.24, 2.45) is 11.8 Å². The fraction of sp³-hybridized carbons (Fsp3) is 0.478. The van der Waals surface area contributed by atoms with Gasteiger partial charge in [0, 0.05) is 50.5 Å². The second-order valence-corrected chi connectivity index (χ2v) is 9.69. The van der Waals surface area contributed by atoms with E-state index in [2.05, 4.69) is 9.36 Å². The normalized spacial score (nSPS) is 17.1. The van der Waals surface area contributed by atoms with Gasteiger partial charge in [-0.05, 0) is 43.7 Å². The lowest BCUT2D eigenvalue weighted by Crippen LogP contribution is -2.51. The number of ether oxygens (including phenoxy) is 1. The van der Waals surface area contributed by atoms with Crippen molar-refractivity contribution >= 4 is 40.1 Å². The van der Waals surface area contributed by atoms with Crippen LogP contribution in [0.2, 0.25) is 0 Å². The van der Waals surface area contributed by atoms with Crippen molar-refractivity contribution in [3.05, 3.63) is 39.9 Å². The number of hydrogen-bond donors (Lipinski definition) is 1. The molecule has 5 heterocycles. The van der Waals surface area contributed by atoms with E-state index in [-0.39, 0.29) is 22.7 Å². The molecule has 0 bridgehead atoms. The lowest BCUT2D eigenvalue weighted by atomic mass is 9.88. The second-order valence-electron chi connectivity index (χ2n) is 8.93. The molecule has 0 saturated carbocycles. The van der Waals surface area contributed by atoms with Crippen LogP contribution >= 0.6 is 11.5 Å². The van der Waals surface area contributed by atoms with Crippen molar-refractivity contribution in [3.63, 3.8) is 0 Å². The predicted molar refractivity (Wildman–Crippen MR) is 126 cm³/mol. The van der Waals surface area contributed by atoms with Gasteiger partial charge in [-0.25, -0.2) is 14.8 Å². The van der Waals surface area contributed by atoms with E-state index in [1.807, 2.05) is 4.90 Å². The van der Waals surface area contributed by atoms with Gasteiger partial charge in [0.25, 0.3) is 0 Å². The number of hydrogen-bond acceptors (Lipinski definition) is 9. The molecule has 3 aromatic heterocycles.